The Labute approximate surface area is 205 Å². The van der Waals surface area contributed by atoms with Crippen molar-refractivity contribution >= 4 is 50.3 Å². The molecular weight excluding hydrogens is 492 g/mol. The molecule has 0 atom stereocenters. The number of benzene rings is 2. The molecule has 0 amide bonds. The lowest BCUT2D eigenvalue weighted by Crippen LogP contribution is -2.25. The molecule has 0 spiro atoms. The fraction of sp³-hybridized carbons (Fsp3) is 0.167. The Bertz CT molecular complexity index is 1600. The molecule has 0 unspecified atom stereocenters. The smallest absolute Gasteiger partial charge is 0.282 e. The van der Waals surface area contributed by atoms with E-state index in [0.717, 1.165) is 34.7 Å². The minimum atomic E-state index is -0.756. The van der Waals surface area contributed by atoms with Crippen molar-refractivity contribution in [2.24, 2.45) is 0 Å². The van der Waals surface area contributed by atoms with Crippen molar-refractivity contribution < 1.29 is 13.6 Å². The number of ketones is 1. The Morgan fingerprint density at radius 1 is 1.03 bits per heavy atom. The number of carbonyl (C=O) groups is 1. The molecule has 3 heterocycles. The van der Waals surface area contributed by atoms with Gasteiger partial charge in [-0.2, -0.15) is 0 Å². The first-order chi connectivity index (χ1) is 17.0. The second kappa shape index (κ2) is 9.96. The van der Waals surface area contributed by atoms with Crippen LogP contribution in [0.5, 0.6) is 0 Å². The molecule has 0 aliphatic carbocycles. The van der Waals surface area contributed by atoms with Crippen LogP contribution in [0.1, 0.15) is 10.6 Å². The van der Waals surface area contributed by atoms with E-state index in [1.807, 2.05) is 30.3 Å². The predicted octanol–water partition coefficient (Wildman–Crippen LogP) is 4.22. The van der Waals surface area contributed by atoms with E-state index in [-0.39, 0.29) is 40.2 Å². The lowest BCUT2D eigenvalue weighted by Gasteiger charge is -2.12. The average molecular weight is 510 g/mol. The summed E-state index contributed by atoms with van der Waals surface area (Å²) in [6.07, 6.45) is 3.46. The minimum absolute atomic E-state index is 0.0241. The van der Waals surface area contributed by atoms with Crippen LogP contribution in [-0.4, -0.2) is 36.0 Å². The van der Waals surface area contributed by atoms with Gasteiger partial charge >= 0.3 is 0 Å². The number of Topliss-reactive ketones (excluding diaryl/α,β-unsaturated/α-hetero) is 1. The summed E-state index contributed by atoms with van der Waals surface area (Å²) in [6.45, 7) is 0.363. The Balaban J connectivity index is 1.36. The Morgan fingerprint density at radius 3 is 2.66 bits per heavy atom. The number of carbonyl (C=O) groups excluding carboxylic acids is 1. The Morgan fingerprint density at radius 2 is 1.83 bits per heavy atom. The van der Waals surface area contributed by atoms with Gasteiger partial charge in [-0.25, -0.2) is 28.7 Å². The molecule has 0 N–H and O–H groups in total. The molecule has 7 nitrogen and oxygen atoms in total. The molecule has 0 aliphatic rings. The maximum absolute atomic E-state index is 13.9. The van der Waals surface area contributed by atoms with E-state index >= 15 is 0 Å². The number of aryl methyl sites for hydroxylation is 1. The number of halogens is 2. The van der Waals surface area contributed by atoms with Crippen LogP contribution in [0.3, 0.4) is 0 Å². The van der Waals surface area contributed by atoms with E-state index in [1.54, 1.807) is 0 Å². The van der Waals surface area contributed by atoms with Crippen molar-refractivity contribution in [1.82, 2.24) is 24.5 Å². The summed E-state index contributed by atoms with van der Waals surface area (Å²) in [5, 5.41) is 0.763. The molecule has 0 aliphatic heterocycles. The second-order valence-corrected chi connectivity index (χ2v) is 9.72. The van der Waals surface area contributed by atoms with Crippen molar-refractivity contribution in [2.75, 3.05) is 5.75 Å². The van der Waals surface area contributed by atoms with Gasteiger partial charge < -0.3 is 0 Å². The van der Waals surface area contributed by atoms with Crippen molar-refractivity contribution in [1.29, 1.82) is 0 Å². The summed E-state index contributed by atoms with van der Waals surface area (Å²) in [7, 11) is 0. The summed E-state index contributed by atoms with van der Waals surface area (Å²) in [5.41, 5.74) is 1.17. The molecule has 0 radical (unpaired) electrons. The van der Waals surface area contributed by atoms with Gasteiger partial charge in [-0.1, -0.05) is 42.1 Å². The van der Waals surface area contributed by atoms with Gasteiger partial charge in [0.15, 0.2) is 22.1 Å². The van der Waals surface area contributed by atoms with Crippen LogP contribution in [0.25, 0.3) is 21.4 Å². The number of thiazole rings is 1. The zero-order valence-electron chi connectivity index (χ0n) is 18.1. The van der Waals surface area contributed by atoms with Gasteiger partial charge in [0.25, 0.3) is 5.56 Å². The van der Waals surface area contributed by atoms with Gasteiger partial charge in [0, 0.05) is 25.0 Å². The zero-order chi connectivity index (χ0) is 24.4. The van der Waals surface area contributed by atoms with Crippen LogP contribution in [-0.2, 0) is 24.2 Å². The molecule has 0 fully saturated rings. The van der Waals surface area contributed by atoms with E-state index in [2.05, 4.69) is 19.9 Å². The number of nitrogens with zero attached hydrogens (tertiary/aromatic N) is 5. The average Bonchev–Trinajstić information content (AvgIpc) is 3.25. The molecule has 176 valence electrons. The van der Waals surface area contributed by atoms with Gasteiger partial charge in [-0.05, 0) is 18.1 Å². The van der Waals surface area contributed by atoms with Crippen LogP contribution in [0.2, 0.25) is 0 Å². The van der Waals surface area contributed by atoms with Gasteiger partial charge in [0.2, 0.25) is 0 Å². The molecule has 0 saturated heterocycles. The molecule has 5 aromatic rings. The van der Waals surface area contributed by atoms with Crippen molar-refractivity contribution in [2.45, 2.75) is 24.5 Å². The van der Waals surface area contributed by atoms with Crippen molar-refractivity contribution in [3.63, 3.8) is 0 Å². The zero-order valence-corrected chi connectivity index (χ0v) is 19.8. The SMILES string of the molecule is O=C(CSc1nc2nccnc2c(=O)n1CCc1ccccc1)Cc1nc2c(F)cc(F)cc2s1. The van der Waals surface area contributed by atoms with Crippen LogP contribution in [0.15, 0.2) is 64.8 Å². The fourth-order valence-corrected chi connectivity index (χ4v) is 5.47. The fourth-order valence-electron chi connectivity index (χ4n) is 3.57. The van der Waals surface area contributed by atoms with Gasteiger partial charge in [0.1, 0.15) is 22.1 Å². The molecule has 0 saturated carbocycles. The van der Waals surface area contributed by atoms with Crippen LogP contribution in [0.4, 0.5) is 8.78 Å². The molecule has 0 bridgehead atoms. The highest BCUT2D eigenvalue weighted by atomic mass is 32.2. The van der Waals surface area contributed by atoms with E-state index in [0.29, 0.717) is 27.8 Å². The maximum Gasteiger partial charge on any atom is 0.282 e. The van der Waals surface area contributed by atoms with Gasteiger partial charge in [-0.15, -0.1) is 11.3 Å². The topological polar surface area (TPSA) is 90.6 Å². The second-order valence-electron chi connectivity index (χ2n) is 7.66. The van der Waals surface area contributed by atoms with Crippen molar-refractivity contribution in [3.05, 3.63) is 87.4 Å². The molecule has 35 heavy (non-hydrogen) atoms. The molecule has 11 heteroatoms. The molecule has 3 aromatic heterocycles. The van der Waals surface area contributed by atoms with Gasteiger partial charge in [-0.3, -0.25) is 14.2 Å². The van der Waals surface area contributed by atoms with E-state index in [4.69, 9.17) is 0 Å². The largest absolute Gasteiger partial charge is 0.298 e. The minimum Gasteiger partial charge on any atom is -0.298 e. The summed E-state index contributed by atoms with van der Waals surface area (Å²) < 4.78 is 29.3. The maximum atomic E-state index is 13.9. The molecule has 2 aromatic carbocycles. The van der Waals surface area contributed by atoms with E-state index in [9.17, 15) is 18.4 Å². The monoisotopic (exact) mass is 509 g/mol. The first-order valence-electron chi connectivity index (χ1n) is 10.6. The third-order valence-electron chi connectivity index (χ3n) is 5.19. The standard InChI is InChI=1S/C24H17F2N5O2S2/c25-15-10-17(26)20-18(11-15)35-19(29-20)12-16(32)13-34-24-30-22-21(27-7-8-28-22)23(33)31(24)9-6-14-4-2-1-3-5-14/h1-5,7-8,10-11H,6,9,12-13H2. The summed E-state index contributed by atoms with van der Waals surface area (Å²) in [5.74, 6) is -1.60. The molecular formula is C24H17F2N5O2S2. The third-order valence-corrected chi connectivity index (χ3v) is 7.23. The summed E-state index contributed by atoms with van der Waals surface area (Å²) in [4.78, 5) is 42.7. The van der Waals surface area contributed by atoms with Crippen LogP contribution >= 0.6 is 23.1 Å². The highest BCUT2D eigenvalue weighted by Crippen LogP contribution is 2.26. The van der Waals surface area contributed by atoms with Crippen molar-refractivity contribution in [3.8, 4) is 0 Å². The predicted molar refractivity (Wildman–Crippen MR) is 131 cm³/mol. The lowest BCUT2D eigenvalue weighted by atomic mass is 10.1. The summed E-state index contributed by atoms with van der Waals surface area (Å²) >= 11 is 2.21. The van der Waals surface area contributed by atoms with E-state index in [1.165, 1.54) is 23.0 Å². The van der Waals surface area contributed by atoms with Crippen LogP contribution < -0.4 is 5.56 Å². The Kier molecular flexibility index (Phi) is 6.60. The first-order valence-corrected chi connectivity index (χ1v) is 12.4. The lowest BCUT2D eigenvalue weighted by molar-refractivity contribution is -0.116. The number of hydrogen-bond donors (Lipinski definition) is 0. The number of fused-ring (bicyclic) bond motifs is 2. The molecule has 5 rings (SSSR count). The van der Waals surface area contributed by atoms with Crippen LogP contribution in [0, 0.1) is 11.6 Å². The number of rotatable bonds is 8. The summed E-state index contributed by atoms with van der Waals surface area (Å²) in [6, 6.07) is 11.7. The number of aromatic nitrogens is 5. The highest BCUT2D eigenvalue weighted by molar-refractivity contribution is 7.99. The van der Waals surface area contributed by atoms with E-state index < -0.39 is 11.6 Å². The highest BCUT2D eigenvalue weighted by Gasteiger charge is 2.17. The number of thioether (sulfide) groups is 1. The quantitative estimate of drug-likeness (QED) is 0.229. The number of hydrogen-bond acceptors (Lipinski definition) is 8. The van der Waals surface area contributed by atoms with Gasteiger partial charge in [0.05, 0.1) is 16.9 Å². The normalized spacial score (nSPS) is 11.4. The Hall–Kier alpha value is -3.57. The third kappa shape index (κ3) is 5.10. The first kappa shape index (κ1) is 23.2.